The Balaban J connectivity index is 2.01. The summed E-state index contributed by atoms with van der Waals surface area (Å²) < 4.78 is 18.0. The summed E-state index contributed by atoms with van der Waals surface area (Å²) in [6.45, 7) is 24.8. The monoisotopic (exact) mass is 409 g/mol. The van der Waals surface area contributed by atoms with Crippen molar-refractivity contribution in [1.82, 2.24) is 4.90 Å². The molecule has 0 aromatic carbocycles. The summed E-state index contributed by atoms with van der Waals surface area (Å²) in [5.41, 5.74) is -0.889. The van der Waals surface area contributed by atoms with Gasteiger partial charge in [-0.3, -0.25) is 0 Å². The number of likely N-dealkylation sites (tertiary alicyclic amines) is 1. The highest BCUT2D eigenvalue weighted by Crippen LogP contribution is 2.51. The normalized spacial score (nSPS) is 29.4. The average molecular weight is 409 g/mol. The zero-order chi connectivity index (χ0) is 22.5. The average Bonchev–Trinajstić information content (AvgIpc) is 2.92. The standard InChI is InChI=1S/C23H44BNO4/c1-19(2,3)23(11)16-25(18(26)27-20(4,5)6)15-17(23)13-12-14-24-28-21(7,8)22(9,10)29-24/h17H,12-16H2,1-11H3/t17-,23+/m0/s1. The Hall–Kier alpha value is -0.745. The molecule has 29 heavy (non-hydrogen) atoms. The third-order valence-corrected chi connectivity index (χ3v) is 7.52. The molecular formula is C23H44BNO4. The van der Waals surface area contributed by atoms with E-state index >= 15 is 0 Å². The van der Waals surface area contributed by atoms with Crippen molar-refractivity contribution in [3.05, 3.63) is 0 Å². The lowest BCUT2D eigenvalue weighted by molar-refractivity contribution is 0.00578. The zero-order valence-electron chi connectivity index (χ0n) is 20.8. The maximum absolute atomic E-state index is 12.7. The van der Waals surface area contributed by atoms with Crippen LogP contribution in [0, 0.1) is 16.7 Å². The van der Waals surface area contributed by atoms with E-state index in [-0.39, 0.29) is 35.2 Å². The summed E-state index contributed by atoms with van der Waals surface area (Å²) in [4.78, 5) is 14.6. The van der Waals surface area contributed by atoms with Gasteiger partial charge in [0.15, 0.2) is 0 Å². The number of carbonyl (C=O) groups excluding carboxylic acids is 1. The molecule has 0 aliphatic carbocycles. The third-order valence-electron chi connectivity index (χ3n) is 7.52. The molecule has 0 saturated carbocycles. The van der Waals surface area contributed by atoms with Gasteiger partial charge in [-0.2, -0.15) is 0 Å². The van der Waals surface area contributed by atoms with E-state index in [1.807, 2.05) is 25.7 Å². The summed E-state index contributed by atoms with van der Waals surface area (Å²) in [7, 11) is -0.149. The summed E-state index contributed by atoms with van der Waals surface area (Å²) in [5.74, 6) is 0.428. The second-order valence-electron chi connectivity index (χ2n) is 12.3. The van der Waals surface area contributed by atoms with Crippen molar-refractivity contribution in [3.63, 3.8) is 0 Å². The first-order valence-electron chi connectivity index (χ1n) is 11.2. The molecule has 2 heterocycles. The molecule has 0 bridgehead atoms. The first kappa shape index (κ1) is 24.5. The van der Waals surface area contributed by atoms with Crippen molar-refractivity contribution in [3.8, 4) is 0 Å². The molecule has 2 rings (SSSR count). The van der Waals surface area contributed by atoms with E-state index in [1.54, 1.807) is 0 Å². The van der Waals surface area contributed by atoms with Crippen molar-refractivity contribution in [2.75, 3.05) is 13.1 Å². The summed E-state index contributed by atoms with van der Waals surface area (Å²) >= 11 is 0. The minimum absolute atomic E-state index is 0.0415. The molecule has 2 saturated heterocycles. The van der Waals surface area contributed by atoms with E-state index in [1.165, 1.54) is 0 Å². The van der Waals surface area contributed by atoms with E-state index in [0.717, 1.165) is 32.3 Å². The molecule has 2 atom stereocenters. The summed E-state index contributed by atoms with van der Waals surface area (Å²) in [6, 6.07) is 0. The van der Waals surface area contributed by atoms with Crippen LogP contribution in [0.5, 0.6) is 0 Å². The van der Waals surface area contributed by atoms with Gasteiger partial charge in [0.25, 0.3) is 0 Å². The van der Waals surface area contributed by atoms with E-state index in [0.29, 0.717) is 5.92 Å². The SMILES string of the molecule is CC(C)(C)OC(=O)N1C[C@H](CCCB2OC(C)(C)C(C)(C)O2)[C@](C)(C(C)(C)C)C1. The van der Waals surface area contributed by atoms with Gasteiger partial charge in [0.05, 0.1) is 11.2 Å². The lowest BCUT2D eigenvalue weighted by Gasteiger charge is -2.43. The molecule has 0 aromatic heterocycles. The molecule has 1 amide bonds. The van der Waals surface area contributed by atoms with E-state index in [4.69, 9.17) is 14.0 Å². The fourth-order valence-corrected chi connectivity index (χ4v) is 4.40. The predicted molar refractivity (Wildman–Crippen MR) is 119 cm³/mol. The Bertz CT molecular complexity index is 589. The molecule has 6 heteroatoms. The van der Waals surface area contributed by atoms with Gasteiger partial charge in [-0.1, -0.05) is 34.1 Å². The van der Waals surface area contributed by atoms with Crippen LogP contribution >= 0.6 is 0 Å². The van der Waals surface area contributed by atoms with Gasteiger partial charge in [-0.25, -0.2) is 4.79 Å². The summed E-state index contributed by atoms with van der Waals surface area (Å²) in [5, 5.41) is 0. The van der Waals surface area contributed by atoms with Gasteiger partial charge in [0.1, 0.15) is 5.60 Å². The van der Waals surface area contributed by atoms with Crippen molar-refractivity contribution in [2.45, 2.75) is 112 Å². The molecule has 2 aliphatic heterocycles. The second kappa shape index (κ2) is 7.74. The molecule has 0 unspecified atom stereocenters. The number of carbonyl (C=O) groups is 1. The fourth-order valence-electron chi connectivity index (χ4n) is 4.40. The number of ether oxygens (including phenoxy) is 1. The molecular weight excluding hydrogens is 365 g/mol. The molecule has 168 valence electrons. The lowest BCUT2D eigenvalue weighted by Crippen LogP contribution is -2.41. The van der Waals surface area contributed by atoms with Crippen LogP contribution in [0.4, 0.5) is 4.79 Å². The topological polar surface area (TPSA) is 48.0 Å². The van der Waals surface area contributed by atoms with Crippen LogP contribution in [0.15, 0.2) is 0 Å². The Morgan fingerprint density at radius 3 is 2.00 bits per heavy atom. The maximum atomic E-state index is 12.7. The number of nitrogens with zero attached hydrogens (tertiary/aromatic N) is 1. The highest BCUT2D eigenvalue weighted by molar-refractivity contribution is 6.45. The molecule has 0 N–H and O–H groups in total. The van der Waals surface area contributed by atoms with E-state index in [9.17, 15) is 4.79 Å². The van der Waals surface area contributed by atoms with E-state index in [2.05, 4.69) is 55.4 Å². The number of rotatable bonds is 4. The maximum Gasteiger partial charge on any atom is 0.457 e. The van der Waals surface area contributed by atoms with Crippen LogP contribution in [0.3, 0.4) is 0 Å². The minimum atomic E-state index is -0.468. The molecule has 2 aliphatic rings. The first-order chi connectivity index (χ1) is 12.9. The first-order valence-corrected chi connectivity index (χ1v) is 11.2. The van der Waals surface area contributed by atoms with Gasteiger partial charge in [0.2, 0.25) is 0 Å². The van der Waals surface area contributed by atoms with Crippen molar-refractivity contribution >= 4 is 13.2 Å². The second-order valence-corrected chi connectivity index (χ2v) is 12.3. The Morgan fingerprint density at radius 2 is 1.55 bits per heavy atom. The molecule has 0 radical (unpaired) electrons. The van der Waals surface area contributed by atoms with Crippen molar-refractivity contribution in [2.24, 2.45) is 16.7 Å². The minimum Gasteiger partial charge on any atom is -0.444 e. The van der Waals surface area contributed by atoms with Crippen LogP contribution < -0.4 is 0 Å². The van der Waals surface area contributed by atoms with Gasteiger partial charge >= 0.3 is 13.2 Å². The van der Waals surface area contributed by atoms with Crippen LogP contribution in [0.2, 0.25) is 6.32 Å². The number of amides is 1. The van der Waals surface area contributed by atoms with Gasteiger partial charge in [-0.15, -0.1) is 0 Å². The third kappa shape index (κ3) is 5.30. The smallest absolute Gasteiger partial charge is 0.444 e. The largest absolute Gasteiger partial charge is 0.457 e. The fraction of sp³-hybridized carbons (Fsp3) is 0.957. The van der Waals surface area contributed by atoms with Gasteiger partial charge < -0.3 is 18.9 Å². The highest BCUT2D eigenvalue weighted by Gasteiger charge is 2.53. The van der Waals surface area contributed by atoms with E-state index < -0.39 is 5.60 Å². The quantitative estimate of drug-likeness (QED) is 0.553. The zero-order valence-corrected chi connectivity index (χ0v) is 20.8. The summed E-state index contributed by atoms with van der Waals surface area (Å²) in [6.07, 6.45) is 2.77. The Labute approximate surface area is 179 Å². The molecule has 0 spiro atoms. The highest BCUT2D eigenvalue weighted by atomic mass is 16.7. The van der Waals surface area contributed by atoms with Crippen LogP contribution in [0.1, 0.15) is 89.0 Å². The van der Waals surface area contributed by atoms with Gasteiger partial charge in [-0.05, 0) is 78.0 Å². The number of hydrogen-bond acceptors (Lipinski definition) is 4. The van der Waals surface area contributed by atoms with Crippen molar-refractivity contribution < 1.29 is 18.8 Å². The van der Waals surface area contributed by atoms with Crippen molar-refractivity contribution in [1.29, 1.82) is 0 Å². The Kier molecular flexibility index (Phi) is 6.55. The van der Waals surface area contributed by atoms with Crippen LogP contribution in [-0.4, -0.2) is 48.0 Å². The van der Waals surface area contributed by atoms with Crippen LogP contribution in [0.25, 0.3) is 0 Å². The Morgan fingerprint density at radius 1 is 1.03 bits per heavy atom. The molecule has 0 aromatic rings. The molecule has 5 nitrogen and oxygen atoms in total. The molecule has 2 fully saturated rings. The number of hydrogen-bond donors (Lipinski definition) is 0. The van der Waals surface area contributed by atoms with Gasteiger partial charge in [0, 0.05) is 13.1 Å². The van der Waals surface area contributed by atoms with Crippen LogP contribution in [-0.2, 0) is 14.0 Å². The lowest BCUT2D eigenvalue weighted by atomic mass is 9.61. The predicted octanol–water partition coefficient (Wildman–Crippen LogP) is 5.78.